The first-order chi connectivity index (χ1) is 9.24. The smallest absolute Gasteiger partial charge is 0.179 e. The Morgan fingerprint density at radius 1 is 1.47 bits per heavy atom. The molecule has 1 saturated carbocycles. The number of fused-ring (bicyclic) bond motifs is 1. The number of rotatable bonds is 4. The summed E-state index contributed by atoms with van der Waals surface area (Å²) in [5.74, 6) is 0. The summed E-state index contributed by atoms with van der Waals surface area (Å²) >= 11 is 8.75. The van der Waals surface area contributed by atoms with E-state index in [0.29, 0.717) is 17.5 Å². The monoisotopic (exact) mass is 341 g/mol. The number of hydrogen-bond acceptors (Lipinski definition) is 3. The van der Waals surface area contributed by atoms with Gasteiger partial charge in [0.2, 0.25) is 0 Å². The molecule has 2 aromatic rings. The highest BCUT2D eigenvalue weighted by atomic mass is 79.9. The van der Waals surface area contributed by atoms with E-state index >= 15 is 0 Å². The lowest BCUT2D eigenvalue weighted by atomic mass is 10.3. The predicted molar refractivity (Wildman–Crippen MR) is 80.8 cm³/mol. The van der Waals surface area contributed by atoms with E-state index in [1.165, 1.54) is 25.7 Å². The zero-order chi connectivity index (χ0) is 13.2. The summed E-state index contributed by atoms with van der Waals surface area (Å²) in [6.45, 7) is 1.45. The van der Waals surface area contributed by atoms with Gasteiger partial charge in [-0.1, -0.05) is 12.8 Å². The summed E-state index contributed by atoms with van der Waals surface area (Å²) in [5, 5.41) is 0. The Hall–Kier alpha value is -0.720. The van der Waals surface area contributed by atoms with Gasteiger partial charge in [0.05, 0.1) is 24.8 Å². The number of ether oxygens (including phenoxy) is 1. The third-order valence-corrected chi connectivity index (χ3v) is 4.30. The molecule has 1 fully saturated rings. The van der Waals surface area contributed by atoms with Gasteiger partial charge in [0.15, 0.2) is 10.4 Å². The SMILES string of the molecule is S=c1[nH]c2cc(Br)cnc2n1CCOC1CCCC1. The molecule has 0 spiro atoms. The van der Waals surface area contributed by atoms with Gasteiger partial charge in [0, 0.05) is 10.7 Å². The minimum Gasteiger partial charge on any atom is -0.376 e. The van der Waals surface area contributed by atoms with Crippen LogP contribution in [0.1, 0.15) is 25.7 Å². The summed E-state index contributed by atoms with van der Waals surface area (Å²) in [4.78, 5) is 7.59. The molecule has 0 aromatic carbocycles. The Morgan fingerprint density at radius 2 is 2.26 bits per heavy atom. The molecule has 0 atom stereocenters. The molecule has 102 valence electrons. The van der Waals surface area contributed by atoms with Crippen LogP contribution in [0.4, 0.5) is 0 Å². The number of hydrogen-bond donors (Lipinski definition) is 1. The second-order valence-electron chi connectivity index (χ2n) is 4.88. The molecule has 2 heterocycles. The first-order valence-corrected chi connectivity index (χ1v) is 7.80. The van der Waals surface area contributed by atoms with E-state index in [-0.39, 0.29) is 0 Å². The zero-order valence-corrected chi connectivity index (χ0v) is 13.0. The minimum absolute atomic E-state index is 0.446. The minimum atomic E-state index is 0.446. The average molecular weight is 342 g/mol. The van der Waals surface area contributed by atoms with Crippen LogP contribution in [-0.4, -0.2) is 27.2 Å². The summed E-state index contributed by atoms with van der Waals surface area (Å²) in [7, 11) is 0. The molecule has 19 heavy (non-hydrogen) atoms. The topological polar surface area (TPSA) is 42.8 Å². The van der Waals surface area contributed by atoms with Crippen LogP contribution in [0.2, 0.25) is 0 Å². The van der Waals surface area contributed by atoms with Gasteiger partial charge < -0.3 is 9.72 Å². The lowest BCUT2D eigenvalue weighted by Gasteiger charge is -2.11. The molecular formula is C13H16BrN3OS. The third kappa shape index (κ3) is 2.90. The van der Waals surface area contributed by atoms with Gasteiger partial charge in [-0.3, -0.25) is 4.57 Å². The number of H-pyrrole nitrogens is 1. The van der Waals surface area contributed by atoms with Gasteiger partial charge >= 0.3 is 0 Å². The van der Waals surface area contributed by atoms with Crippen molar-refractivity contribution in [3.8, 4) is 0 Å². The molecule has 0 aliphatic heterocycles. The number of aromatic amines is 1. The molecular weight excluding hydrogens is 326 g/mol. The van der Waals surface area contributed by atoms with E-state index in [0.717, 1.165) is 22.2 Å². The standard InChI is InChI=1S/C13H16BrN3OS/c14-9-7-11-12(15-8-9)17(13(19)16-11)5-6-18-10-3-1-2-4-10/h7-8,10H,1-6H2,(H,16,19). The largest absolute Gasteiger partial charge is 0.376 e. The third-order valence-electron chi connectivity index (χ3n) is 3.55. The molecule has 2 aromatic heterocycles. The van der Waals surface area contributed by atoms with Crippen molar-refractivity contribution in [3.63, 3.8) is 0 Å². The predicted octanol–water partition coefficient (Wildman–Crippen LogP) is 3.82. The lowest BCUT2D eigenvalue weighted by molar-refractivity contribution is 0.0532. The maximum atomic E-state index is 5.89. The number of pyridine rings is 1. The van der Waals surface area contributed by atoms with Gasteiger partial charge in [-0.25, -0.2) is 4.98 Å². The normalized spacial score (nSPS) is 16.5. The van der Waals surface area contributed by atoms with Crippen LogP contribution >= 0.6 is 28.1 Å². The van der Waals surface area contributed by atoms with Gasteiger partial charge in [-0.2, -0.15) is 0 Å². The Bertz CT molecular complexity index is 630. The highest BCUT2D eigenvalue weighted by Gasteiger charge is 2.15. The molecule has 1 aliphatic carbocycles. The quantitative estimate of drug-likeness (QED) is 0.859. The second-order valence-corrected chi connectivity index (χ2v) is 6.19. The molecule has 0 radical (unpaired) electrons. The van der Waals surface area contributed by atoms with Gasteiger partial charge in [0.25, 0.3) is 0 Å². The van der Waals surface area contributed by atoms with Crippen LogP contribution in [0.5, 0.6) is 0 Å². The first-order valence-electron chi connectivity index (χ1n) is 6.60. The van der Waals surface area contributed by atoms with Crippen LogP contribution in [-0.2, 0) is 11.3 Å². The van der Waals surface area contributed by atoms with Crippen LogP contribution in [0.3, 0.4) is 0 Å². The van der Waals surface area contributed by atoms with Crippen molar-refractivity contribution in [2.45, 2.75) is 38.3 Å². The van der Waals surface area contributed by atoms with Crippen LogP contribution in [0, 0.1) is 4.77 Å². The number of nitrogens with one attached hydrogen (secondary N) is 1. The molecule has 1 aliphatic rings. The molecule has 0 bridgehead atoms. The Kier molecular flexibility index (Phi) is 4.00. The van der Waals surface area contributed by atoms with E-state index in [9.17, 15) is 0 Å². The summed E-state index contributed by atoms with van der Waals surface area (Å²) < 4.78 is 9.55. The van der Waals surface area contributed by atoms with Crippen molar-refractivity contribution in [1.29, 1.82) is 0 Å². The summed E-state index contributed by atoms with van der Waals surface area (Å²) in [5.41, 5.74) is 1.85. The highest BCUT2D eigenvalue weighted by molar-refractivity contribution is 9.10. The number of nitrogens with zero attached hydrogens (tertiary/aromatic N) is 2. The number of imidazole rings is 1. The van der Waals surface area contributed by atoms with Gasteiger partial charge in [-0.15, -0.1) is 0 Å². The van der Waals surface area contributed by atoms with Crippen molar-refractivity contribution < 1.29 is 4.74 Å². The fourth-order valence-corrected chi connectivity index (χ4v) is 3.21. The van der Waals surface area contributed by atoms with Crippen LogP contribution < -0.4 is 0 Å². The molecule has 4 nitrogen and oxygen atoms in total. The maximum Gasteiger partial charge on any atom is 0.179 e. The fraction of sp³-hybridized carbons (Fsp3) is 0.538. The highest BCUT2D eigenvalue weighted by Crippen LogP contribution is 2.21. The summed E-state index contributed by atoms with van der Waals surface area (Å²) in [6.07, 6.45) is 7.23. The number of halogens is 1. The Labute approximate surface area is 125 Å². The van der Waals surface area contributed by atoms with E-state index in [2.05, 4.69) is 25.9 Å². The second kappa shape index (κ2) is 5.73. The molecule has 1 N–H and O–H groups in total. The van der Waals surface area contributed by atoms with Crippen molar-refractivity contribution in [2.75, 3.05) is 6.61 Å². The van der Waals surface area contributed by atoms with Crippen molar-refractivity contribution in [2.24, 2.45) is 0 Å². The Morgan fingerprint density at radius 3 is 3.05 bits per heavy atom. The average Bonchev–Trinajstić information content (AvgIpc) is 2.98. The van der Waals surface area contributed by atoms with E-state index < -0.39 is 0 Å². The first kappa shape index (κ1) is 13.3. The molecule has 3 rings (SSSR count). The molecule has 0 unspecified atom stereocenters. The van der Waals surface area contributed by atoms with Crippen molar-refractivity contribution >= 4 is 39.3 Å². The van der Waals surface area contributed by atoms with E-state index in [1.807, 2.05) is 10.6 Å². The summed E-state index contributed by atoms with van der Waals surface area (Å²) in [6, 6.07) is 1.99. The Balaban J connectivity index is 1.73. The fourth-order valence-electron chi connectivity index (χ4n) is 2.59. The van der Waals surface area contributed by atoms with Crippen molar-refractivity contribution in [1.82, 2.24) is 14.5 Å². The van der Waals surface area contributed by atoms with Gasteiger partial charge in [-0.05, 0) is 47.1 Å². The zero-order valence-electron chi connectivity index (χ0n) is 10.6. The van der Waals surface area contributed by atoms with E-state index in [1.54, 1.807) is 6.20 Å². The molecule has 0 amide bonds. The maximum absolute atomic E-state index is 5.89. The van der Waals surface area contributed by atoms with Crippen LogP contribution in [0.25, 0.3) is 11.2 Å². The molecule has 0 saturated heterocycles. The molecule has 6 heteroatoms. The van der Waals surface area contributed by atoms with Crippen LogP contribution in [0.15, 0.2) is 16.7 Å². The van der Waals surface area contributed by atoms with Gasteiger partial charge in [0.1, 0.15) is 0 Å². The van der Waals surface area contributed by atoms with E-state index in [4.69, 9.17) is 17.0 Å². The van der Waals surface area contributed by atoms with Crippen molar-refractivity contribution in [3.05, 3.63) is 21.5 Å². The lowest BCUT2D eigenvalue weighted by Crippen LogP contribution is -2.13. The number of aromatic nitrogens is 3.